The van der Waals surface area contributed by atoms with E-state index in [2.05, 4.69) is 5.32 Å². The average Bonchev–Trinajstić information content (AvgIpc) is 3.07. The van der Waals surface area contributed by atoms with Crippen LogP contribution >= 0.6 is 0 Å². The van der Waals surface area contributed by atoms with Gasteiger partial charge in [0.05, 0.1) is 11.3 Å². The van der Waals surface area contributed by atoms with E-state index in [-0.39, 0.29) is 17.7 Å². The Kier molecular flexibility index (Phi) is 6.32. The zero-order chi connectivity index (χ0) is 24.4. The number of imide groups is 1. The normalized spacial score (nSPS) is 13.5. The van der Waals surface area contributed by atoms with E-state index < -0.39 is 0 Å². The van der Waals surface area contributed by atoms with Crippen molar-refractivity contribution in [1.29, 1.82) is 0 Å². The highest BCUT2D eigenvalue weighted by molar-refractivity contribution is 6.46. The SMILES string of the molecule is CCN(C1=C(c2ccc(C)c(C)c2)C(=O)N(c2ccc(NC(C)=O)cc2)C1=O)c1ccccc1. The van der Waals surface area contributed by atoms with Crippen LogP contribution in [0.2, 0.25) is 0 Å². The minimum absolute atomic E-state index is 0.191. The largest absolute Gasteiger partial charge is 0.337 e. The number of para-hydroxylation sites is 1. The lowest BCUT2D eigenvalue weighted by Crippen LogP contribution is -2.35. The number of benzene rings is 3. The highest BCUT2D eigenvalue weighted by Gasteiger charge is 2.42. The molecular formula is C28H27N3O3. The lowest BCUT2D eigenvalue weighted by molar-refractivity contribution is -0.120. The molecule has 1 N–H and O–H groups in total. The van der Waals surface area contributed by atoms with Crippen LogP contribution in [0.4, 0.5) is 17.1 Å². The first-order valence-electron chi connectivity index (χ1n) is 11.2. The summed E-state index contributed by atoms with van der Waals surface area (Å²) in [5.41, 5.74) is 5.49. The number of aryl methyl sites for hydroxylation is 2. The van der Waals surface area contributed by atoms with Gasteiger partial charge in [0, 0.05) is 24.8 Å². The highest BCUT2D eigenvalue weighted by Crippen LogP contribution is 2.37. The second kappa shape index (κ2) is 9.35. The van der Waals surface area contributed by atoms with Crippen molar-refractivity contribution < 1.29 is 14.4 Å². The number of rotatable bonds is 6. The molecule has 0 bridgehead atoms. The quantitative estimate of drug-likeness (QED) is 0.529. The summed E-state index contributed by atoms with van der Waals surface area (Å²) < 4.78 is 0. The van der Waals surface area contributed by atoms with Crippen molar-refractivity contribution >= 4 is 40.4 Å². The Hall–Kier alpha value is -4.19. The van der Waals surface area contributed by atoms with Gasteiger partial charge in [-0.05, 0) is 73.9 Å². The predicted molar refractivity (Wildman–Crippen MR) is 136 cm³/mol. The molecule has 0 unspecified atom stereocenters. The summed E-state index contributed by atoms with van der Waals surface area (Å²) in [6.45, 7) is 7.91. The van der Waals surface area contributed by atoms with Crippen molar-refractivity contribution in [3.8, 4) is 0 Å². The molecule has 0 aliphatic carbocycles. The van der Waals surface area contributed by atoms with Crippen molar-refractivity contribution in [2.45, 2.75) is 27.7 Å². The van der Waals surface area contributed by atoms with Crippen LogP contribution in [0.15, 0.2) is 78.5 Å². The molecule has 3 amide bonds. The molecule has 0 fully saturated rings. The minimum Gasteiger partial charge on any atom is -0.337 e. The van der Waals surface area contributed by atoms with Crippen LogP contribution in [-0.4, -0.2) is 24.3 Å². The fourth-order valence-electron chi connectivity index (χ4n) is 4.14. The van der Waals surface area contributed by atoms with Crippen LogP contribution in [-0.2, 0) is 14.4 Å². The topological polar surface area (TPSA) is 69.7 Å². The molecule has 172 valence electrons. The first-order chi connectivity index (χ1) is 16.3. The maximum absolute atomic E-state index is 13.8. The van der Waals surface area contributed by atoms with Crippen LogP contribution in [0, 0.1) is 13.8 Å². The Bertz CT molecular complexity index is 1290. The zero-order valence-corrected chi connectivity index (χ0v) is 19.8. The molecule has 0 spiro atoms. The van der Waals surface area contributed by atoms with E-state index in [1.165, 1.54) is 11.8 Å². The van der Waals surface area contributed by atoms with Crippen molar-refractivity contribution in [3.05, 3.63) is 95.2 Å². The van der Waals surface area contributed by atoms with Gasteiger partial charge in [0.25, 0.3) is 11.8 Å². The van der Waals surface area contributed by atoms with E-state index in [1.54, 1.807) is 24.3 Å². The lowest BCUT2D eigenvalue weighted by atomic mass is 9.99. The smallest absolute Gasteiger partial charge is 0.282 e. The van der Waals surface area contributed by atoms with Crippen LogP contribution in [0.1, 0.15) is 30.5 Å². The lowest BCUT2D eigenvalue weighted by Gasteiger charge is -2.25. The number of nitrogens with one attached hydrogen (secondary N) is 1. The summed E-state index contributed by atoms with van der Waals surface area (Å²) >= 11 is 0. The molecular weight excluding hydrogens is 426 g/mol. The molecule has 34 heavy (non-hydrogen) atoms. The Labute approximate surface area is 199 Å². The van der Waals surface area contributed by atoms with E-state index >= 15 is 0 Å². The number of nitrogens with zero attached hydrogens (tertiary/aromatic N) is 2. The van der Waals surface area contributed by atoms with Gasteiger partial charge >= 0.3 is 0 Å². The molecule has 0 radical (unpaired) electrons. The second-order valence-corrected chi connectivity index (χ2v) is 8.28. The van der Waals surface area contributed by atoms with Crippen LogP contribution < -0.4 is 15.1 Å². The third-order valence-electron chi connectivity index (χ3n) is 5.95. The van der Waals surface area contributed by atoms with Gasteiger partial charge in [0.15, 0.2) is 0 Å². The summed E-state index contributed by atoms with van der Waals surface area (Å²) in [5, 5.41) is 2.70. The first kappa shape index (κ1) is 23.0. The molecule has 6 nitrogen and oxygen atoms in total. The third kappa shape index (κ3) is 4.22. The van der Waals surface area contributed by atoms with Gasteiger partial charge in [-0.3, -0.25) is 14.4 Å². The zero-order valence-electron chi connectivity index (χ0n) is 19.8. The van der Waals surface area contributed by atoms with Gasteiger partial charge < -0.3 is 10.2 Å². The van der Waals surface area contributed by atoms with Gasteiger partial charge in [0.1, 0.15) is 5.70 Å². The van der Waals surface area contributed by atoms with Crippen LogP contribution in [0.25, 0.3) is 5.57 Å². The molecule has 1 aliphatic heterocycles. The van der Waals surface area contributed by atoms with Crippen molar-refractivity contribution in [1.82, 2.24) is 0 Å². The Morgan fingerprint density at radius 3 is 2.15 bits per heavy atom. The molecule has 1 aliphatic rings. The van der Waals surface area contributed by atoms with E-state index in [0.717, 1.165) is 16.8 Å². The second-order valence-electron chi connectivity index (χ2n) is 8.28. The van der Waals surface area contributed by atoms with E-state index in [0.29, 0.717) is 34.8 Å². The molecule has 0 atom stereocenters. The van der Waals surface area contributed by atoms with E-state index in [1.807, 2.05) is 74.2 Å². The number of carbonyl (C=O) groups is 3. The Morgan fingerprint density at radius 2 is 1.56 bits per heavy atom. The standard InChI is InChI=1S/C28H27N3O3/c1-5-30(23-9-7-6-8-10-23)26-25(21-12-11-18(2)19(3)17-21)27(33)31(28(26)34)24-15-13-22(14-16-24)29-20(4)32/h6-17H,5H2,1-4H3,(H,29,32). The minimum atomic E-state index is -0.379. The maximum Gasteiger partial charge on any atom is 0.282 e. The monoisotopic (exact) mass is 453 g/mol. The molecule has 0 saturated carbocycles. The Morgan fingerprint density at radius 1 is 0.882 bits per heavy atom. The van der Waals surface area contributed by atoms with Crippen molar-refractivity contribution in [3.63, 3.8) is 0 Å². The van der Waals surface area contributed by atoms with Crippen molar-refractivity contribution in [2.24, 2.45) is 0 Å². The van der Waals surface area contributed by atoms with E-state index in [9.17, 15) is 14.4 Å². The van der Waals surface area contributed by atoms with Crippen molar-refractivity contribution in [2.75, 3.05) is 21.7 Å². The van der Waals surface area contributed by atoms with Gasteiger partial charge in [-0.1, -0.05) is 36.4 Å². The molecule has 3 aromatic carbocycles. The highest BCUT2D eigenvalue weighted by atomic mass is 16.2. The average molecular weight is 454 g/mol. The number of amides is 3. The summed E-state index contributed by atoms with van der Waals surface area (Å²) in [5.74, 6) is -0.940. The molecule has 0 aromatic heterocycles. The summed E-state index contributed by atoms with van der Waals surface area (Å²) in [6.07, 6.45) is 0. The van der Waals surface area contributed by atoms with Crippen LogP contribution in [0.3, 0.4) is 0 Å². The maximum atomic E-state index is 13.8. The number of carbonyl (C=O) groups excluding carboxylic acids is 3. The molecule has 1 heterocycles. The Balaban J connectivity index is 1.85. The fraction of sp³-hybridized carbons (Fsp3) is 0.179. The molecule has 4 rings (SSSR count). The number of hydrogen-bond acceptors (Lipinski definition) is 4. The van der Waals surface area contributed by atoms with Gasteiger partial charge in [-0.15, -0.1) is 0 Å². The molecule has 0 saturated heterocycles. The number of hydrogen-bond donors (Lipinski definition) is 1. The number of likely N-dealkylation sites (N-methyl/N-ethyl adjacent to an activating group) is 1. The third-order valence-corrected chi connectivity index (χ3v) is 5.95. The number of anilines is 3. The van der Waals surface area contributed by atoms with Crippen LogP contribution in [0.5, 0.6) is 0 Å². The van der Waals surface area contributed by atoms with Gasteiger partial charge in [-0.2, -0.15) is 0 Å². The van der Waals surface area contributed by atoms with E-state index in [4.69, 9.17) is 0 Å². The molecule has 6 heteroatoms. The van der Waals surface area contributed by atoms with Gasteiger partial charge in [-0.25, -0.2) is 4.90 Å². The summed E-state index contributed by atoms with van der Waals surface area (Å²) in [6, 6.07) is 22.1. The summed E-state index contributed by atoms with van der Waals surface area (Å²) in [4.78, 5) is 42.1. The molecule has 3 aromatic rings. The van der Waals surface area contributed by atoms with Gasteiger partial charge in [0.2, 0.25) is 5.91 Å². The first-order valence-corrected chi connectivity index (χ1v) is 11.2. The fourth-order valence-corrected chi connectivity index (χ4v) is 4.14. The predicted octanol–water partition coefficient (Wildman–Crippen LogP) is 5.07. The summed E-state index contributed by atoms with van der Waals surface area (Å²) in [7, 11) is 0.